The van der Waals surface area contributed by atoms with Crippen molar-refractivity contribution in [2.75, 3.05) is 18.8 Å². The summed E-state index contributed by atoms with van der Waals surface area (Å²) >= 11 is 0. The molecule has 10 nitrogen and oxygen atoms in total. The molecule has 1 atom stereocenters. The second-order valence-electron chi connectivity index (χ2n) is 10.6. The van der Waals surface area contributed by atoms with Crippen molar-refractivity contribution in [1.29, 1.82) is 0 Å². The standard InChI is InChI=1S/C31H31N9O/c1-2-28(41)38-17-12-21(13-18-38)35-25-9-6-20-19-22(7-8-23(20)25)40-30(24-5-3-14-33-29(24)32)36-26-10-11-27(37-31(26)40)39-16-4-15-34-39/h2-5,7-8,10-11,14-16,19,21,25,35H,1,6,9,12-13,17-18H2,(H2,32,33). The Morgan fingerprint density at radius 2 is 1.93 bits per heavy atom. The summed E-state index contributed by atoms with van der Waals surface area (Å²) in [5.41, 5.74) is 12.2. The van der Waals surface area contributed by atoms with E-state index in [1.54, 1.807) is 17.1 Å². The average Bonchev–Trinajstić information content (AvgIpc) is 3.76. The highest BCUT2D eigenvalue weighted by Gasteiger charge is 2.29. The van der Waals surface area contributed by atoms with Gasteiger partial charge in [-0.2, -0.15) is 5.10 Å². The number of nitrogens with one attached hydrogen (secondary N) is 1. The first-order valence-electron chi connectivity index (χ1n) is 14.0. The van der Waals surface area contributed by atoms with Gasteiger partial charge >= 0.3 is 0 Å². The topological polar surface area (TPSA) is 120 Å². The molecule has 0 radical (unpaired) electrons. The van der Waals surface area contributed by atoms with Crippen molar-refractivity contribution >= 4 is 22.9 Å². The van der Waals surface area contributed by atoms with Gasteiger partial charge in [0.2, 0.25) is 5.91 Å². The van der Waals surface area contributed by atoms with Crippen LogP contribution in [0.5, 0.6) is 0 Å². The summed E-state index contributed by atoms with van der Waals surface area (Å²) < 4.78 is 3.81. The Morgan fingerprint density at radius 3 is 2.71 bits per heavy atom. The molecule has 1 unspecified atom stereocenters. The number of pyridine rings is 2. The number of amides is 1. The van der Waals surface area contributed by atoms with Gasteiger partial charge in [0.05, 0.1) is 5.56 Å². The average molecular weight is 546 g/mol. The Morgan fingerprint density at radius 1 is 1.05 bits per heavy atom. The third kappa shape index (κ3) is 4.55. The molecule has 1 saturated heterocycles. The van der Waals surface area contributed by atoms with Crippen molar-refractivity contribution in [3.05, 3.63) is 90.9 Å². The summed E-state index contributed by atoms with van der Waals surface area (Å²) in [4.78, 5) is 28.1. The largest absolute Gasteiger partial charge is 0.383 e. The summed E-state index contributed by atoms with van der Waals surface area (Å²) in [6.45, 7) is 5.15. The molecule has 5 heterocycles. The highest BCUT2D eigenvalue weighted by Crippen LogP contribution is 2.36. The minimum atomic E-state index is 0.0212. The fraction of sp³-hybridized carbons (Fsp3) is 0.258. The molecular formula is C31H31N9O. The zero-order valence-electron chi connectivity index (χ0n) is 22.6. The third-order valence-corrected chi connectivity index (χ3v) is 8.19. The zero-order chi connectivity index (χ0) is 27.9. The van der Waals surface area contributed by atoms with E-state index in [9.17, 15) is 4.79 Å². The number of likely N-dealkylation sites (tertiary alicyclic amines) is 1. The van der Waals surface area contributed by atoms with Crippen molar-refractivity contribution in [2.45, 2.75) is 37.8 Å². The van der Waals surface area contributed by atoms with Gasteiger partial charge in [0.25, 0.3) is 0 Å². The van der Waals surface area contributed by atoms with Crippen LogP contribution >= 0.6 is 0 Å². The third-order valence-electron chi connectivity index (χ3n) is 8.19. The Hall–Kier alpha value is -4.83. The Kier molecular flexibility index (Phi) is 6.31. The molecule has 3 N–H and O–H groups in total. The van der Waals surface area contributed by atoms with E-state index in [2.05, 4.69) is 44.7 Å². The normalized spacial score (nSPS) is 17.2. The second kappa shape index (κ2) is 10.3. The molecule has 7 rings (SSSR count). The van der Waals surface area contributed by atoms with Crippen LogP contribution in [0.15, 0.2) is 79.8 Å². The van der Waals surface area contributed by atoms with Gasteiger partial charge in [0.1, 0.15) is 11.3 Å². The van der Waals surface area contributed by atoms with Crippen LogP contribution in [0.2, 0.25) is 0 Å². The zero-order valence-corrected chi connectivity index (χ0v) is 22.6. The molecule has 0 spiro atoms. The highest BCUT2D eigenvalue weighted by molar-refractivity contribution is 5.87. The van der Waals surface area contributed by atoms with Gasteiger partial charge in [-0.1, -0.05) is 12.6 Å². The molecule has 1 aliphatic carbocycles. The number of nitrogens with two attached hydrogens (primary N) is 1. The summed E-state index contributed by atoms with van der Waals surface area (Å²) in [5, 5.41) is 8.23. The first-order valence-corrected chi connectivity index (χ1v) is 14.0. The minimum Gasteiger partial charge on any atom is -0.383 e. The fourth-order valence-corrected chi connectivity index (χ4v) is 6.11. The smallest absolute Gasteiger partial charge is 0.245 e. The lowest BCUT2D eigenvalue weighted by molar-refractivity contribution is -0.127. The highest BCUT2D eigenvalue weighted by atomic mass is 16.2. The van der Waals surface area contributed by atoms with Gasteiger partial charge in [0.15, 0.2) is 17.3 Å². The van der Waals surface area contributed by atoms with Crippen molar-refractivity contribution < 1.29 is 4.79 Å². The van der Waals surface area contributed by atoms with Crippen LogP contribution in [0.25, 0.3) is 34.1 Å². The van der Waals surface area contributed by atoms with Gasteiger partial charge in [-0.3, -0.25) is 9.36 Å². The fourth-order valence-electron chi connectivity index (χ4n) is 6.11. The lowest BCUT2D eigenvalue weighted by atomic mass is 10.0. The SMILES string of the molecule is C=CC(=O)N1CCC(NC2CCc3cc(-n4c(-c5cccnc5N)nc5ccc(-n6cccn6)nc54)ccc32)CC1. The molecule has 10 heteroatoms. The maximum atomic E-state index is 12.0. The number of piperidine rings is 1. The van der Waals surface area contributed by atoms with Gasteiger partial charge in [-0.15, -0.1) is 0 Å². The van der Waals surface area contributed by atoms with Gasteiger partial charge < -0.3 is 16.0 Å². The summed E-state index contributed by atoms with van der Waals surface area (Å²) in [7, 11) is 0. The van der Waals surface area contributed by atoms with E-state index in [-0.39, 0.29) is 5.91 Å². The molecular weight excluding hydrogens is 514 g/mol. The van der Waals surface area contributed by atoms with Crippen LogP contribution in [0, 0.1) is 0 Å². The van der Waals surface area contributed by atoms with Gasteiger partial charge in [-0.05, 0) is 85.4 Å². The molecule has 1 aromatic carbocycles. The number of imidazole rings is 1. The molecule has 0 saturated carbocycles. The Balaban J connectivity index is 1.24. The maximum absolute atomic E-state index is 12.0. The first-order chi connectivity index (χ1) is 20.1. The van der Waals surface area contributed by atoms with E-state index < -0.39 is 0 Å². The quantitative estimate of drug-likeness (QED) is 0.310. The van der Waals surface area contributed by atoms with E-state index >= 15 is 0 Å². The van der Waals surface area contributed by atoms with E-state index in [4.69, 9.17) is 15.7 Å². The molecule has 0 bridgehead atoms. The molecule has 1 aliphatic heterocycles. The van der Waals surface area contributed by atoms with Gasteiger partial charge in [0, 0.05) is 49.5 Å². The number of aryl methyl sites for hydroxylation is 1. The molecule has 1 amide bonds. The lowest BCUT2D eigenvalue weighted by Crippen LogP contribution is -2.45. The number of carbonyl (C=O) groups excluding carboxylic acids is 1. The monoisotopic (exact) mass is 545 g/mol. The van der Waals surface area contributed by atoms with Crippen LogP contribution < -0.4 is 11.1 Å². The number of aromatic nitrogens is 6. The molecule has 2 aliphatic rings. The Labute approximate surface area is 237 Å². The molecule has 4 aromatic heterocycles. The van der Waals surface area contributed by atoms with E-state index in [1.807, 2.05) is 41.4 Å². The molecule has 206 valence electrons. The van der Waals surface area contributed by atoms with Crippen LogP contribution in [-0.2, 0) is 11.2 Å². The van der Waals surface area contributed by atoms with Crippen LogP contribution in [0.3, 0.4) is 0 Å². The number of fused-ring (bicyclic) bond motifs is 2. The molecule has 5 aromatic rings. The molecule has 41 heavy (non-hydrogen) atoms. The van der Waals surface area contributed by atoms with Gasteiger partial charge in [-0.25, -0.2) is 19.6 Å². The Bertz CT molecular complexity index is 1750. The van der Waals surface area contributed by atoms with Crippen LogP contribution in [-0.4, -0.2) is 59.2 Å². The summed E-state index contributed by atoms with van der Waals surface area (Å²) in [6.07, 6.45) is 10.6. The van der Waals surface area contributed by atoms with E-state index in [1.165, 1.54) is 17.2 Å². The number of rotatable bonds is 6. The lowest BCUT2D eigenvalue weighted by Gasteiger charge is -2.33. The summed E-state index contributed by atoms with van der Waals surface area (Å²) in [5.74, 6) is 1.85. The number of benzene rings is 1. The number of hydrogen-bond acceptors (Lipinski definition) is 7. The van der Waals surface area contributed by atoms with Crippen LogP contribution in [0.4, 0.5) is 5.82 Å². The first kappa shape index (κ1) is 25.2. The van der Waals surface area contributed by atoms with Crippen LogP contribution in [0.1, 0.15) is 36.4 Å². The predicted molar refractivity (Wildman–Crippen MR) is 158 cm³/mol. The maximum Gasteiger partial charge on any atom is 0.245 e. The number of hydrogen-bond donors (Lipinski definition) is 2. The molecule has 1 fully saturated rings. The number of anilines is 1. The van der Waals surface area contributed by atoms with E-state index in [0.29, 0.717) is 29.5 Å². The van der Waals surface area contributed by atoms with Crippen molar-refractivity contribution in [3.63, 3.8) is 0 Å². The number of nitrogen functional groups attached to an aromatic ring is 1. The van der Waals surface area contributed by atoms with Crippen molar-refractivity contribution in [1.82, 2.24) is 39.5 Å². The number of carbonyl (C=O) groups is 1. The summed E-state index contributed by atoms with van der Waals surface area (Å²) in [6, 6.07) is 16.9. The van der Waals surface area contributed by atoms with Crippen molar-refractivity contribution in [3.8, 4) is 22.9 Å². The minimum absolute atomic E-state index is 0.0212. The van der Waals surface area contributed by atoms with E-state index in [0.717, 1.165) is 61.2 Å². The predicted octanol–water partition coefficient (Wildman–Crippen LogP) is 4.00. The second-order valence-corrected chi connectivity index (χ2v) is 10.6. The number of nitrogens with zero attached hydrogens (tertiary/aromatic N) is 7. The van der Waals surface area contributed by atoms with Crippen molar-refractivity contribution in [2.24, 2.45) is 0 Å².